The Morgan fingerprint density at radius 3 is 2.75 bits per heavy atom. The number of hydrogen-bond donors (Lipinski definition) is 1. The van der Waals surface area contributed by atoms with Crippen molar-refractivity contribution in [2.24, 2.45) is 0 Å². The van der Waals surface area contributed by atoms with Crippen LogP contribution in [0.5, 0.6) is 0 Å². The van der Waals surface area contributed by atoms with Gasteiger partial charge in [-0.2, -0.15) is 0 Å². The molecular weight excluding hydrogens is 337 g/mol. The van der Waals surface area contributed by atoms with Crippen LogP contribution >= 0.6 is 46.3 Å². The molecule has 2 rings (SSSR count). The second-order valence-electron chi connectivity index (χ2n) is 3.78. The predicted molar refractivity (Wildman–Crippen MR) is 86.3 cm³/mol. The Kier molecular flexibility index (Phi) is 6.38. The Labute approximate surface area is 135 Å². The maximum atomic E-state index is 6.13. The number of ether oxygens (including phenoxy) is 1. The van der Waals surface area contributed by atoms with Crippen molar-refractivity contribution in [2.45, 2.75) is 10.1 Å². The third-order valence-electron chi connectivity index (χ3n) is 2.39. The van der Waals surface area contributed by atoms with Crippen LogP contribution in [0, 0.1) is 0 Å². The van der Waals surface area contributed by atoms with Gasteiger partial charge in [0.15, 0.2) is 4.34 Å². The van der Waals surface area contributed by atoms with Gasteiger partial charge in [-0.15, -0.1) is 10.2 Å². The molecule has 1 aromatic carbocycles. The van der Waals surface area contributed by atoms with Crippen LogP contribution in [0.3, 0.4) is 0 Å². The predicted octanol–water partition coefficient (Wildman–Crippen LogP) is 4.20. The highest BCUT2D eigenvalue weighted by molar-refractivity contribution is 8.00. The highest BCUT2D eigenvalue weighted by Gasteiger charge is 2.09. The molecule has 0 radical (unpaired) electrons. The molecule has 1 N–H and O–H groups in total. The number of hydrogen-bond acceptors (Lipinski definition) is 6. The highest BCUT2D eigenvalue weighted by Crippen LogP contribution is 2.33. The van der Waals surface area contributed by atoms with Gasteiger partial charge in [0.1, 0.15) is 0 Å². The van der Waals surface area contributed by atoms with E-state index in [1.807, 2.05) is 18.2 Å². The zero-order valence-electron chi connectivity index (χ0n) is 10.7. The Morgan fingerprint density at radius 1 is 1.30 bits per heavy atom. The molecule has 0 aliphatic rings. The lowest BCUT2D eigenvalue weighted by Gasteiger charge is -2.04. The summed E-state index contributed by atoms with van der Waals surface area (Å²) in [6.45, 7) is 1.35. The Hall–Kier alpha value is -0.530. The van der Waals surface area contributed by atoms with E-state index in [-0.39, 0.29) is 0 Å². The molecule has 0 saturated carbocycles. The molecule has 0 saturated heterocycles. The van der Waals surface area contributed by atoms with Crippen molar-refractivity contribution in [1.29, 1.82) is 0 Å². The van der Waals surface area contributed by atoms with E-state index >= 15 is 0 Å². The number of anilines is 1. The summed E-state index contributed by atoms with van der Waals surface area (Å²) in [5.41, 5.74) is 0.921. The van der Waals surface area contributed by atoms with Crippen LogP contribution < -0.4 is 5.32 Å². The maximum Gasteiger partial charge on any atom is 0.206 e. The number of nitrogens with one attached hydrogen (secondary N) is 1. The first-order valence-corrected chi connectivity index (χ1v) is 8.38. The number of nitrogens with zero attached hydrogens (tertiary/aromatic N) is 2. The van der Waals surface area contributed by atoms with Gasteiger partial charge in [-0.1, -0.05) is 52.4 Å². The molecule has 0 bridgehead atoms. The normalized spacial score (nSPS) is 10.8. The van der Waals surface area contributed by atoms with Gasteiger partial charge in [-0.3, -0.25) is 0 Å². The molecule has 0 amide bonds. The molecule has 1 heterocycles. The fraction of sp³-hybridized carbons (Fsp3) is 0.333. The van der Waals surface area contributed by atoms with Crippen molar-refractivity contribution >= 4 is 51.4 Å². The maximum absolute atomic E-state index is 6.13. The average molecular weight is 350 g/mol. The van der Waals surface area contributed by atoms with Crippen molar-refractivity contribution in [3.05, 3.63) is 33.8 Å². The Bertz CT molecular complexity index is 545. The molecule has 2 aromatic rings. The summed E-state index contributed by atoms with van der Waals surface area (Å²) in [5.74, 6) is 0.672. The molecule has 0 aliphatic carbocycles. The topological polar surface area (TPSA) is 47.0 Å². The summed E-state index contributed by atoms with van der Waals surface area (Å²) in [5, 5.41) is 13.4. The standard InChI is InChI=1S/C12H13Cl2N3OS2/c1-18-6-5-15-11-16-17-12(20-11)19-7-8-9(13)3-2-4-10(8)14/h2-4H,5-7H2,1H3,(H,15,16). The molecule has 108 valence electrons. The number of halogens is 2. The summed E-state index contributed by atoms with van der Waals surface area (Å²) >= 11 is 15.3. The summed E-state index contributed by atoms with van der Waals surface area (Å²) in [6.07, 6.45) is 0. The van der Waals surface area contributed by atoms with E-state index in [4.69, 9.17) is 27.9 Å². The van der Waals surface area contributed by atoms with Gasteiger partial charge in [0.05, 0.1) is 6.61 Å². The average Bonchev–Trinajstić information content (AvgIpc) is 2.86. The van der Waals surface area contributed by atoms with E-state index in [1.54, 1.807) is 18.9 Å². The Balaban J connectivity index is 1.91. The summed E-state index contributed by atoms with van der Waals surface area (Å²) < 4.78 is 5.84. The van der Waals surface area contributed by atoms with Crippen molar-refractivity contribution in [3.8, 4) is 0 Å². The minimum atomic E-state index is 0.636. The van der Waals surface area contributed by atoms with Gasteiger partial charge >= 0.3 is 0 Å². The molecule has 4 nitrogen and oxygen atoms in total. The molecule has 0 unspecified atom stereocenters. The second kappa shape index (κ2) is 8.05. The molecule has 0 aliphatic heterocycles. The van der Waals surface area contributed by atoms with E-state index in [2.05, 4.69) is 15.5 Å². The van der Waals surface area contributed by atoms with Crippen LogP contribution in [-0.2, 0) is 10.5 Å². The van der Waals surface area contributed by atoms with Gasteiger partial charge in [0.2, 0.25) is 5.13 Å². The number of aromatic nitrogens is 2. The van der Waals surface area contributed by atoms with Gasteiger partial charge in [0, 0.05) is 29.5 Å². The van der Waals surface area contributed by atoms with Gasteiger partial charge in [-0.25, -0.2) is 0 Å². The molecule has 0 fully saturated rings. The van der Waals surface area contributed by atoms with Crippen molar-refractivity contribution in [2.75, 3.05) is 25.6 Å². The molecule has 8 heteroatoms. The highest BCUT2D eigenvalue weighted by atomic mass is 35.5. The molecule has 0 spiro atoms. The summed E-state index contributed by atoms with van der Waals surface area (Å²) in [7, 11) is 1.66. The minimum Gasteiger partial charge on any atom is -0.383 e. The van der Waals surface area contributed by atoms with E-state index < -0.39 is 0 Å². The monoisotopic (exact) mass is 349 g/mol. The fourth-order valence-corrected chi connectivity index (χ4v) is 3.92. The third kappa shape index (κ3) is 4.49. The second-order valence-corrected chi connectivity index (χ2v) is 6.80. The van der Waals surface area contributed by atoms with Crippen LogP contribution in [0.1, 0.15) is 5.56 Å². The lowest BCUT2D eigenvalue weighted by Crippen LogP contribution is -2.06. The smallest absolute Gasteiger partial charge is 0.206 e. The Morgan fingerprint density at radius 2 is 2.05 bits per heavy atom. The van der Waals surface area contributed by atoms with Gasteiger partial charge in [0.25, 0.3) is 0 Å². The van der Waals surface area contributed by atoms with Crippen LogP contribution in [0.15, 0.2) is 22.5 Å². The molecule has 1 aromatic heterocycles. The fourth-order valence-electron chi connectivity index (χ4n) is 1.40. The van der Waals surface area contributed by atoms with Crippen LogP contribution in [0.2, 0.25) is 10.0 Å². The first-order valence-electron chi connectivity index (χ1n) is 5.82. The zero-order chi connectivity index (χ0) is 14.4. The van der Waals surface area contributed by atoms with E-state index in [1.165, 1.54) is 11.3 Å². The summed E-state index contributed by atoms with van der Waals surface area (Å²) in [4.78, 5) is 0. The number of rotatable bonds is 7. The summed E-state index contributed by atoms with van der Waals surface area (Å²) in [6, 6.07) is 5.50. The molecular formula is C12H13Cl2N3OS2. The zero-order valence-corrected chi connectivity index (χ0v) is 13.9. The SMILES string of the molecule is COCCNc1nnc(SCc2c(Cl)cccc2Cl)s1. The third-order valence-corrected chi connectivity index (χ3v) is 5.14. The number of benzene rings is 1. The van der Waals surface area contributed by atoms with Gasteiger partial charge in [-0.05, 0) is 17.7 Å². The molecule has 0 atom stereocenters. The van der Waals surface area contributed by atoms with E-state index in [0.717, 1.165) is 15.0 Å². The van der Waals surface area contributed by atoms with Crippen molar-refractivity contribution in [1.82, 2.24) is 10.2 Å². The van der Waals surface area contributed by atoms with Crippen molar-refractivity contribution in [3.63, 3.8) is 0 Å². The number of methoxy groups -OCH3 is 1. The van der Waals surface area contributed by atoms with E-state index in [0.29, 0.717) is 28.9 Å². The van der Waals surface area contributed by atoms with Crippen LogP contribution in [0.25, 0.3) is 0 Å². The number of thioether (sulfide) groups is 1. The quantitative estimate of drug-likeness (QED) is 0.599. The first-order chi connectivity index (χ1) is 9.70. The van der Waals surface area contributed by atoms with Crippen LogP contribution in [0.4, 0.5) is 5.13 Å². The largest absolute Gasteiger partial charge is 0.383 e. The van der Waals surface area contributed by atoms with Crippen molar-refractivity contribution < 1.29 is 4.74 Å². The van der Waals surface area contributed by atoms with Gasteiger partial charge < -0.3 is 10.1 Å². The molecule has 20 heavy (non-hydrogen) atoms. The lowest BCUT2D eigenvalue weighted by molar-refractivity contribution is 0.211. The minimum absolute atomic E-state index is 0.636. The van der Waals surface area contributed by atoms with E-state index in [9.17, 15) is 0 Å². The first kappa shape index (κ1) is 15.9. The lowest BCUT2D eigenvalue weighted by atomic mass is 10.2. The van der Waals surface area contributed by atoms with Crippen LogP contribution in [-0.4, -0.2) is 30.5 Å².